The summed E-state index contributed by atoms with van der Waals surface area (Å²) in [5.41, 5.74) is 1.38. The van der Waals surface area contributed by atoms with Crippen LogP contribution in [0.4, 0.5) is 5.69 Å². The van der Waals surface area contributed by atoms with E-state index in [1.807, 2.05) is 19.9 Å². The van der Waals surface area contributed by atoms with Gasteiger partial charge in [-0.2, -0.15) is 0 Å². The van der Waals surface area contributed by atoms with Gasteiger partial charge >= 0.3 is 0 Å². The maximum atomic E-state index is 9.76. The van der Waals surface area contributed by atoms with Gasteiger partial charge in [-0.05, 0) is 39.3 Å². The molecule has 0 bridgehead atoms. The predicted molar refractivity (Wildman–Crippen MR) is 58.4 cm³/mol. The Kier molecular flexibility index (Phi) is 3.11. The number of aliphatic hydroxyl groups is 1. The first-order valence-corrected chi connectivity index (χ1v) is 4.81. The molecule has 0 aliphatic carbocycles. The van der Waals surface area contributed by atoms with E-state index in [-0.39, 0.29) is 6.04 Å². The zero-order valence-electron chi connectivity index (χ0n) is 9.20. The number of hydrogen-bond donors (Lipinski definition) is 2. The molecule has 1 heterocycles. The molecule has 0 saturated heterocycles. The van der Waals surface area contributed by atoms with E-state index in [0.29, 0.717) is 0 Å². The number of nitrogens with zero attached hydrogens (tertiary/aromatic N) is 1. The van der Waals surface area contributed by atoms with Gasteiger partial charge < -0.3 is 10.4 Å². The first-order valence-electron chi connectivity index (χ1n) is 4.81. The quantitative estimate of drug-likeness (QED) is 0.773. The van der Waals surface area contributed by atoms with Gasteiger partial charge in [-0.1, -0.05) is 0 Å². The normalized spacial score (nSPS) is 13.8. The summed E-state index contributed by atoms with van der Waals surface area (Å²) in [5, 5.41) is 13.0. The molecule has 0 radical (unpaired) electrons. The summed E-state index contributed by atoms with van der Waals surface area (Å²) in [6.45, 7) is 7.54. The molecule has 3 heteroatoms. The van der Waals surface area contributed by atoms with Crippen LogP contribution in [0.3, 0.4) is 0 Å². The first-order chi connectivity index (χ1) is 6.41. The lowest BCUT2D eigenvalue weighted by molar-refractivity contribution is 0.0649. The molecule has 1 unspecified atom stereocenters. The van der Waals surface area contributed by atoms with Crippen LogP contribution in [0.25, 0.3) is 0 Å². The summed E-state index contributed by atoms with van der Waals surface area (Å²) in [7, 11) is 0. The highest BCUT2D eigenvalue weighted by Crippen LogP contribution is 2.17. The molecular weight excluding hydrogens is 176 g/mol. The first kappa shape index (κ1) is 11.0. The van der Waals surface area contributed by atoms with Crippen LogP contribution in [0.5, 0.6) is 0 Å². The standard InChI is InChI=1S/C11H18N2O/c1-8-5-6-12-7-10(8)13-9(2)11(3,4)14/h5-7,9,13-14H,1-4H3. The second kappa shape index (κ2) is 3.96. The number of aromatic nitrogens is 1. The smallest absolute Gasteiger partial charge is 0.0789 e. The lowest BCUT2D eigenvalue weighted by Crippen LogP contribution is -2.39. The Balaban J connectivity index is 2.75. The minimum absolute atomic E-state index is 0.00889. The monoisotopic (exact) mass is 194 g/mol. The fourth-order valence-corrected chi connectivity index (χ4v) is 1.02. The molecule has 0 aliphatic rings. The van der Waals surface area contributed by atoms with E-state index in [1.165, 1.54) is 0 Å². The van der Waals surface area contributed by atoms with Gasteiger partial charge in [-0.3, -0.25) is 4.98 Å². The molecule has 0 aromatic carbocycles. The van der Waals surface area contributed by atoms with Gasteiger partial charge in [0, 0.05) is 6.20 Å². The van der Waals surface area contributed by atoms with Crippen LogP contribution in [-0.2, 0) is 0 Å². The van der Waals surface area contributed by atoms with Gasteiger partial charge in [0.15, 0.2) is 0 Å². The van der Waals surface area contributed by atoms with Crippen molar-refractivity contribution in [1.29, 1.82) is 0 Å². The number of anilines is 1. The van der Waals surface area contributed by atoms with Crippen LogP contribution in [0.2, 0.25) is 0 Å². The second-order valence-electron chi connectivity index (χ2n) is 4.21. The van der Waals surface area contributed by atoms with Crippen LogP contribution in [0, 0.1) is 6.92 Å². The van der Waals surface area contributed by atoms with Crippen molar-refractivity contribution >= 4 is 5.69 Å². The summed E-state index contributed by atoms with van der Waals surface area (Å²) in [6.07, 6.45) is 3.53. The summed E-state index contributed by atoms with van der Waals surface area (Å²) in [4.78, 5) is 4.04. The van der Waals surface area contributed by atoms with Crippen molar-refractivity contribution in [3.63, 3.8) is 0 Å². The Hall–Kier alpha value is -1.09. The third-order valence-corrected chi connectivity index (χ3v) is 2.47. The fourth-order valence-electron chi connectivity index (χ4n) is 1.02. The SMILES string of the molecule is Cc1ccncc1NC(C)C(C)(C)O. The lowest BCUT2D eigenvalue weighted by Gasteiger charge is -2.28. The van der Waals surface area contributed by atoms with Gasteiger partial charge in [-0.15, -0.1) is 0 Å². The Morgan fingerprint density at radius 1 is 1.50 bits per heavy atom. The highest BCUT2D eigenvalue weighted by molar-refractivity contribution is 5.48. The molecule has 1 atom stereocenters. The fraction of sp³-hybridized carbons (Fsp3) is 0.545. The van der Waals surface area contributed by atoms with Crippen LogP contribution >= 0.6 is 0 Å². The molecule has 2 N–H and O–H groups in total. The number of nitrogens with one attached hydrogen (secondary N) is 1. The van der Waals surface area contributed by atoms with Crippen molar-refractivity contribution in [3.8, 4) is 0 Å². The minimum atomic E-state index is -0.734. The number of aryl methyl sites for hydroxylation is 1. The summed E-state index contributed by atoms with van der Waals surface area (Å²) in [5.74, 6) is 0. The molecule has 1 aromatic heterocycles. The molecular formula is C11H18N2O. The number of rotatable bonds is 3. The molecule has 0 amide bonds. The Labute approximate surface area is 85.2 Å². The van der Waals surface area contributed by atoms with Gasteiger partial charge in [0.2, 0.25) is 0 Å². The van der Waals surface area contributed by atoms with Gasteiger partial charge in [0.25, 0.3) is 0 Å². The molecule has 1 aromatic rings. The molecule has 0 spiro atoms. The van der Waals surface area contributed by atoms with Gasteiger partial charge in [-0.25, -0.2) is 0 Å². The summed E-state index contributed by atoms with van der Waals surface area (Å²) < 4.78 is 0. The molecule has 0 aliphatic heterocycles. The third kappa shape index (κ3) is 2.70. The summed E-state index contributed by atoms with van der Waals surface area (Å²) in [6, 6.07) is 1.93. The van der Waals surface area contributed by atoms with E-state index in [2.05, 4.69) is 10.3 Å². The second-order valence-corrected chi connectivity index (χ2v) is 4.21. The van der Waals surface area contributed by atoms with E-state index in [9.17, 15) is 5.11 Å². The summed E-state index contributed by atoms with van der Waals surface area (Å²) >= 11 is 0. The Morgan fingerprint density at radius 2 is 2.14 bits per heavy atom. The maximum Gasteiger partial charge on any atom is 0.0789 e. The average molecular weight is 194 g/mol. The topological polar surface area (TPSA) is 45.2 Å². The Bertz CT molecular complexity index is 304. The van der Waals surface area contributed by atoms with Gasteiger partial charge in [0.1, 0.15) is 0 Å². The van der Waals surface area contributed by atoms with Crippen molar-refractivity contribution in [2.45, 2.75) is 39.3 Å². The zero-order chi connectivity index (χ0) is 10.8. The average Bonchev–Trinajstić information content (AvgIpc) is 2.07. The third-order valence-electron chi connectivity index (χ3n) is 2.47. The van der Waals surface area contributed by atoms with Crippen molar-refractivity contribution < 1.29 is 5.11 Å². The number of pyridine rings is 1. The van der Waals surface area contributed by atoms with Crippen molar-refractivity contribution in [2.24, 2.45) is 0 Å². The number of hydrogen-bond acceptors (Lipinski definition) is 3. The van der Waals surface area contributed by atoms with E-state index < -0.39 is 5.60 Å². The van der Waals surface area contributed by atoms with Crippen LogP contribution < -0.4 is 5.32 Å². The molecule has 0 saturated carbocycles. The molecule has 3 nitrogen and oxygen atoms in total. The predicted octanol–water partition coefficient (Wildman–Crippen LogP) is 1.96. The van der Waals surface area contributed by atoms with E-state index in [1.54, 1.807) is 26.2 Å². The van der Waals surface area contributed by atoms with E-state index in [4.69, 9.17) is 0 Å². The minimum Gasteiger partial charge on any atom is -0.388 e. The van der Waals surface area contributed by atoms with E-state index >= 15 is 0 Å². The van der Waals surface area contributed by atoms with Crippen molar-refractivity contribution in [1.82, 2.24) is 4.98 Å². The van der Waals surface area contributed by atoms with Gasteiger partial charge in [0.05, 0.1) is 23.5 Å². The molecule has 78 valence electrons. The molecule has 0 fully saturated rings. The van der Waals surface area contributed by atoms with Crippen LogP contribution in [0.15, 0.2) is 18.5 Å². The largest absolute Gasteiger partial charge is 0.388 e. The molecule has 1 rings (SSSR count). The zero-order valence-corrected chi connectivity index (χ0v) is 9.20. The van der Waals surface area contributed by atoms with E-state index in [0.717, 1.165) is 11.3 Å². The van der Waals surface area contributed by atoms with Crippen LogP contribution in [0.1, 0.15) is 26.3 Å². The maximum absolute atomic E-state index is 9.76. The van der Waals surface area contributed by atoms with Crippen molar-refractivity contribution in [2.75, 3.05) is 5.32 Å². The van der Waals surface area contributed by atoms with Crippen molar-refractivity contribution in [3.05, 3.63) is 24.0 Å². The Morgan fingerprint density at radius 3 is 2.64 bits per heavy atom. The highest BCUT2D eigenvalue weighted by atomic mass is 16.3. The highest BCUT2D eigenvalue weighted by Gasteiger charge is 2.22. The lowest BCUT2D eigenvalue weighted by atomic mass is 10.0. The van der Waals surface area contributed by atoms with Crippen LogP contribution in [-0.4, -0.2) is 21.7 Å². The molecule has 14 heavy (non-hydrogen) atoms.